The maximum absolute atomic E-state index is 12.0. The molecule has 23 heavy (non-hydrogen) atoms. The smallest absolute Gasteiger partial charge is 0.276 e. The van der Waals surface area contributed by atoms with Crippen LogP contribution in [0.25, 0.3) is 10.6 Å². The molecule has 0 saturated heterocycles. The van der Waals surface area contributed by atoms with Crippen LogP contribution in [0, 0.1) is 0 Å². The summed E-state index contributed by atoms with van der Waals surface area (Å²) in [4.78, 5) is 12.9. The number of thiophene rings is 1. The van der Waals surface area contributed by atoms with Crippen LogP contribution in [-0.4, -0.2) is 22.3 Å². The second-order valence-electron chi connectivity index (χ2n) is 4.52. The quantitative estimate of drug-likeness (QED) is 0.537. The molecule has 0 bridgehead atoms. The summed E-state index contributed by atoms with van der Waals surface area (Å²) in [6, 6.07) is 12.4. The van der Waals surface area contributed by atoms with Crippen LogP contribution in [0.4, 0.5) is 0 Å². The van der Waals surface area contributed by atoms with Crippen molar-refractivity contribution >= 4 is 46.7 Å². The largest absolute Gasteiger partial charge is 0.291 e. The van der Waals surface area contributed by atoms with Crippen molar-refractivity contribution in [3.63, 3.8) is 0 Å². The first-order valence-corrected chi connectivity index (χ1v) is 8.09. The summed E-state index contributed by atoms with van der Waals surface area (Å²) in [6.45, 7) is 0. The molecule has 1 aromatic carbocycles. The van der Waals surface area contributed by atoms with Gasteiger partial charge in [-0.15, -0.1) is 11.3 Å². The second-order valence-corrected chi connectivity index (χ2v) is 6.67. The average Bonchev–Trinajstić information content (AvgIpc) is 3.18. The molecule has 5 nitrogen and oxygen atoms in total. The lowest BCUT2D eigenvalue weighted by Gasteiger charge is -1.95. The monoisotopic (exact) mass is 364 g/mol. The molecule has 116 valence electrons. The van der Waals surface area contributed by atoms with Gasteiger partial charge in [-0.2, -0.15) is 10.2 Å². The predicted molar refractivity (Wildman–Crippen MR) is 93.4 cm³/mol. The molecule has 1 amide bonds. The molecule has 0 atom stereocenters. The summed E-state index contributed by atoms with van der Waals surface area (Å²) >= 11 is 13.1. The number of nitrogens with zero attached hydrogens (tertiary/aromatic N) is 2. The van der Waals surface area contributed by atoms with Gasteiger partial charge >= 0.3 is 0 Å². The molecule has 0 spiro atoms. The summed E-state index contributed by atoms with van der Waals surface area (Å²) in [5.74, 6) is -0.402. The fourth-order valence-corrected chi connectivity index (χ4v) is 2.93. The van der Waals surface area contributed by atoms with Crippen LogP contribution in [-0.2, 0) is 0 Å². The van der Waals surface area contributed by atoms with Gasteiger partial charge in [-0.3, -0.25) is 9.89 Å². The highest BCUT2D eigenvalue weighted by atomic mass is 35.5. The van der Waals surface area contributed by atoms with Crippen LogP contribution < -0.4 is 5.43 Å². The minimum atomic E-state index is -0.402. The third-order valence-corrected chi connectivity index (χ3v) is 4.42. The maximum atomic E-state index is 12.0. The number of aromatic amines is 1. The molecule has 2 N–H and O–H groups in total. The molecule has 8 heteroatoms. The van der Waals surface area contributed by atoms with E-state index in [1.807, 2.05) is 6.07 Å². The van der Waals surface area contributed by atoms with Gasteiger partial charge in [0.25, 0.3) is 5.91 Å². The van der Waals surface area contributed by atoms with Crippen LogP contribution in [0.2, 0.25) is 9.36 Å². The summed E-state index contributed by atoms with van der Waals surface area (Å²) in [5.41, 5.74) is 4.23. The van der Waals surface area contributed by atoms with E-state index < -0.39 is 5.91 Å². The van der Waals surface area contributed by atoms with E-state index in [1.54, 1.807) is 36.4 Å². The number of halogens is 2. The number of carbonyl (C=O) groups is 1. The van der Waals surface area contributed by atoms with E-state index in [4.69, 9.17) is 23.2 Å². The van der Waals surface area contributed by atoms with Gasteiger partial charge in [0.05, 0.1) is 21.1 Å². The number of hydrazone groups is 1. The van der Waals surface area contributed by atoms with E-state index in [-0.39, 0.29) is 5.69 Å². The molecular weight excluding hydrogens is 355 g/mol. The summed E-state index contributed by atoms with van der Waals surface area (Å²) in [5, 5.41) is 11.3. The number of aromatic nitrogens is 2. The number of rotatable bonds is 4. The zero-order valence-electron chi connectivity index (χ0n) is 11.6. The van der Waals surface area contributed by atoms with E-state index in [1.165, 1.54) is 17.6 Å². The zero-order valence-corrected chi connectivity index (χ0v) is 13.9. The molecule has 0 aliphatic carbocycles. The van der Waals surface area contributed by atoms with Crippen LogP contribution in [0.1, 0.15) is 16.1 Å². The van der Waals surface area contributed by atoms with Crippen molar-refractivity contribution in [1.29, 1.82) is 0 Å². The van der Waals surface area contributed by atoms with Crippen molar-refractivity contribution in [2.75, 3.05) is 0 Å². The van der Waals surface area contributed by atoms with Gasteiger partial charge in [-0.25, -0.2) is 5.43 Å². The Hall–Kier alpha value is -2.15. The van der Waals surface area contributed by atoms with Crippen molar-refractivity contribution < 1.29 is 4.79 Å². The van der Waals surface area contributed by atoms with Crippen molar-refractivity contribution in [3.05, 3.63) is 63.1 Å². The van der Waals surface area contributed by atoms with Gasteiger partial charge in [0.2, 0.25) is 0 Å². The Kier molecular flexibility index (Phi) is 4.76. The molecule has 0 radical (unpaired) electrons. The van der Waals surface area contributed by atoms with Crippen molar-refractivity contribution in [2.24, 2.45) is 5.10 Å². The van der Waals surface area contributed by atoms with Crippen LogP contribution in [0.3, 0.4) is 0 Å². The van der Waals surface area contributed by atoms with Crippen LogP contribution in [0.5, 0.6) is 0 Å². The maximum Gasteiger partial charge on any atom is 0.291 e. The average molecular weight is 365 g/mol. The molecule has 0 aliphatic heterocycles. The standard InChI is InChI=1S/C15H10Cl2N4OS/c16-10-3-1-9(2-4-10)8-18-21-15(22)12-7-11(19-20-12)13-5-6-14(17)23-13/h1-8H,(H,19,20)(H,21,22). The first kappa shape index (κ1) is 15.7. The number of amides is 1. The molecule has 3 aromatic rings. The van der Waals surface area contributed by atoms with E-state index in [2.05, 4.69) is 20.7 Å². The molecule has 3 rings (SSSR count). The normalized spacial score (nSPS) is 11.0. The number of hydrogen-bond donors (Lipinski definition) is 2. The Balaban J connectivity index is 1.64. The Bertz CT molecular complexity index is 855. The first-order valence-electron chi connectivity index (χ1n) is 6.52. The van der Waals surface area contributed by atoms with E-state index in [9.17, 15) is 4.79 Å². The third kappa shape index (κ3) is 3.98. The fourth-order valence-electron chi connectivity index (χ4n) is 1.79. The SMILES string of the molecule is O=C(NN=Cc1ccc(Cl)cc1)c1cc(-c2ccc(Cl)s2)[nH]n1. The van der Waals surface area contributed by atoms with Gasteiger partial charge in [0.15, 0.2) is 5.69 Å². The molecular formula is C15H10Cl2N4OS. The summed E-state index contributed by atoms with van der Waals surface area (Å²) in [6.07, 6.45) is 1.53. The number of H-pyrrole nitrogens is 1. The van der Waals surface area contributed by atoms with Crippen molar-refractivity contribution in [1.82, 2.24) is 15.6 Å². The lowest BCUT2D eigenvalue weighted by Crippen LogP contribution is -2.17. The Labute approximate surface area is 145 Å². The van der Waals surface area contributed by atoms with Gasteiger partial charge in [-0.1, -0.05) is 35.3 Å². The topological polar surface area (TPSA) is 70.1 Å². The number of hydrogen-bond acceptors (Lipinski definition) is 4. The Morgan fingerprint density at radius 2 is 2.00 bits per heavy atom. The Morgan fingerprint density at radius 1 is 1.22 bits per heavy atom. The van der Waals surface area contributed by atoms with Crippen LogP contribution in [0.15, 0.2) is 47.6 Å². The van der Waals surface area contributed by atoms with Gasteiger partial charge in [0, 0.05) is 5.02 Å². The molecule has 2 aromatic heterocycles. The van der Waals surface area contributed by atoms with Gasteiger partial charge in [-0.05, 0) is 35.9 Å². The predicted octanol–water partition coefficient (Wildman–Crippen LogP) is 4.21. The van der Waals surface area contributed by atoms with E-state index in [0.29, 0.717) is 9.36 Å². The second kappa shape index (κ2) is 6.95. The third-order valence-electron chi connectivity index (χ3n) is 2.90. The number of nitrogens with one attached hydrogen (secondary N) is 2. The zero-order chi connectivity index (χ0) is 16.2. The number of carbonyl (C=O) groups excluding carboxylic acids is 1. The molecule has 0 aliphatic rings. The summed E-state index contributed by atoms with van der Waals surface area (Å²) in [7, 11) is 0. The number of benzene rings is 1. The lowest BCUT2D eigenvalue weighted by molar-refractivity contribution is 0.0950. The fraction of sp³-hybridized carbons (Fsp3) is 0. The van der Waals surface area contributed by atoms with Crippen molar-refractivity contribution in [3.8, 4) is 10.6 Å². The highest BCUT2D eigenvalue weighted by Crippen LogP contribution is 2.29. The lowest BCUT2D eigenvalue weighted by atomic mass is 10.2. The Morgan fingerprint density at radius 3 is 2.70 bits per heavy atom. The molecule has 0 fully saturated rings. The van der Waals surface area contributed by atoms with E-state index in [0.717, 1.165) is 16.1 Å². The summed E-state index contributed by atoms with van der Waals surface area (Å²) < 4.78 is 0.674. The first-order chi connectivity index (χ1) is 11.1. The molecule has 2 heterocycles. The highest BCUT2D eigenvalue weighted by molar-refractivity contribution is 7.19. The van der Waals surface area contributed by atoms with Crippen LogP contribution >= 0.6 is 34.5 Å². The van der Waals surface area contributed by atoms with Gasteiger partial charge in [0.1, 0.15) is 0 Å². The molecule has 0 unspecified atom stereocenters. The minimum absolute atomic E-state index is 0.248. The minimum Gasteiger partial charge on any atom is -0.276 e. The van der Waals surface area contributed by atoms with Gasteiger partial charge < -0.3 is 0 Å². The molecule has 0 saturated carbocycles. The van der Waals surface area contributed by atoms with E-state index >= 15 is 0 Å². The van der Waals surface area contributed by atoms with Crippen molar-refractivity contribution in [2.45, 2.75) is 0 Å². The highest BCUT2D eigenvalue weighted by Gasteiger charge is 2.11.